The largest absolute Gasteiger partial charge is 0.484 e. The van der Waals surface area contributed by atoms with Crippen LogP contribution in [0.3, 0.4) is 0 Å². The number of nitrogens with zero attached hydrogens (tertiary/aromatic N) is 1. The first-order valence-electron chi connectivity index (χ1n) is 9.20. The van der Waals surface area contributed by atoms with Crippen LogP contribution in [0.5, 0.6) is 5.75 Å². The molecule has 1 atom stereocenters. The third kappa shape index (κ3) is 4.81. The SMILES string of the molecule is CC(=O)C1=C(C)N(C)C(=S)NC1c1ccc(OCC(=O)Nc2ccccc2)cc1. The molecule has 150 valence electrons. The fourth-order valence-corrected chi connectivity index (χ4v) is 3.42. The van der Waals surface area contributed by atoms with Crippen molar-refractivity contribution < 1.29 is 14.3 Å². The van der Waals surface area contributed by atoms with Gasteiger partial charge in [-0.15, -0.1) is 0 Å². The minimum atomic E-state index is -0.313. The summed E-state index contributed by atoms with van der Waals surface area (Å²) in [5, 5.41) is 6.55. The van der Waals surface area contributed by atoms with Crippen LogP contribution in [0.2, 0.25) is 0 Å². The van der Waals surface area contributed by atoms with Gasteiger partial charge in [-0.2, -0.15) is 0 Å². The summed E-state index contributed by atoms with van der Waals surface area (Å²) in [7, 11) is 1.83. The van der Waals surface area contributed by atoms with Crippen LogP contribution >= 0.6 is 12.2 Å². The Hall–Kier alpha value is -3.19. The number of amides is 1. The summed E-state index contributed by atoms with van der Waals surface area (Å²) < 4.78 is 5.57. The zero-order chi connectivity index (χ0) is 21.0. The number of thiocarbonyl (C=S) groups is 1. The second-order valence-electron chi connectivity index (χ2n) is 6.77. The van der Waals surface area contributed by atoms with E-state index >= 15 is 0 Å². The highest BCUT2D eigenvalue weighted by Crippen LogP contribution is 2.31. The Balaban J connectivity index is 1.67. The van der Waals surface area contributed by atoms with Gasteiger partial charge in [0.05, 0.1) is 6.04 Å². The van der Waals surface area contributed by atoms with E-state index in [1.807, 2.05) is 56.4 Å². The molecule has 1 aliphatic rings. The van der Waals surface area contributed by atoms with Gasteiger partial charge in [0.25, 0.3) is 5.91 Å². The topological polar surface area (TPSA) is 70.7 Å². The number of ether oxygens (including phenoxy) is 1. The highest BCUT2D eigenvalue weighted by molar-refractivity contribution is 7.80. The van der Waals surface area contributed by atoms with Crippen molar-refractivity contribution in [3.05, 3.63) is 71.4 Å². The summed E-state index contributed by atoms with van der Waals surface area (Å²) in [5.74, 6) is 0.324. The fourth-order valence-electron chi connectivity index (χ4n) is 3.17. The molecule has 0 fully saturated rings. The van der Waals surface area contributed by atoms with Crippen molar-refractivity contribution in [2.75, 3.05) is 19.0 Å². The Bertz CT molecular complexity index is 955. The van der Waals surface area contributed by atoms with Gasteiger partial charge in [0, 0.05) is 24.0 Å². The minimum Gasteiger partial charge on any atom is -0.484 e. The van der Waals surface area contributed by atoms with Gasteiger partial charge >= 0.3 is 0 Å². The molecule has 0 radical (unpaired) electrons. The molecule has 2 N–H and O–H groups in total. The molecule has 0 saturated heterocycles. The van der Waals surface area contributed by atoms with Gasteiger partial charge in [0.2, 0.25) is 0 Å². The zero-order valence-corrected chi connectivity index (χ0v) is 17.4. The van der Waals surface area contributed by atoms with Gasteiger partial charge in [-0.1, -0.05) is 30.3 Å². The van der Waals surface area contributed by atoms with Crippen molar-refractivity contribution >= 4 is 34.7 Å². The first kappa shape index (κ1) is 20.5. The number of hydrogen-bond acceptors (Lipinski definition) is 4. The van der Waals surface area contributed by atoms with Crippen molar-refractivity contribution in [3.63, 3.8) is 0 Å². The fraction of sp³-hybridized carbons (Fsp3) is 0.227. The maximum absolute atomic E-state index is 12.2. The van der Waals surface area contributed by atoms with E-state index < -0.39 is 0 Å². The Labute approximate surface area is 175 Å². The standard InChI is InChI=1S/C22H23N3O3S/c1-14-20(15(2)26)21(24-22(29)25(14)3)16-9-11-18(12-10-16)28-13-19(27)23-17-7-5-4-6-8-17/h4-12,21H,13H2,1-3H3,(H,23,27)(H,24,29). The van der Waals surface area contributed by atoms with Crippen LogP contribution in [-0.4, -0.2) is 35.4 Å². The van der Waals surface area contributed by atoms with E-state index in [0.717, 1.165) is 16.9 Å². The number of carbonyl (C=O) groups excluding carboxylic acids is 2. The third-order valence-electron chi connectivity index (χ3n) is 4.77. The van der Waals surface area contributed by atoms with Crippen molar-refractivity contribution in [2.24, 2.45) is 0 Å². The first-order chi connectivity index (χ1) is 13.9. The van der Waals surface area contributed by atoms with Crippen molar-refractivity contribution in [3.8, 4) is 5.75 Å². The molecule has 0 bridgehead atoms. The molecule has 2 aromatic carbocycles. The number of ketones is 1. The molecule has 1 amide bonds. The van der Waals surface area contributed by atoms with Crippen LogP contribution in [0, 0.1) is 0 Å². The van der Waals surface area contributed by atoms with E-state index in [2.05, 4.69) is 10.6 Å². The maximum atomic E-state index is 12.2. The van der Waals surface area contributed by atoms with Crippen LogP contribution in [0.4, 0.5) is 5.69 Å². The third-order valence-corrected chi connectivity index (χ3v) is 5.17. The second-order valence-corrected chi connectivity index (χ2v) is 7.16. The Kier molecular flexibility index (Phi) is 6.29. The van der Waals surface area contributed by atoms with E-state index in [4.69, 9.17) is 17.0 Å². The van der Waals surface area contributed by atoms with Crippen molar-refractivity contribution in [2.45, 2.75) is 19.9 Å². The minimum absolute atomic E-state index is 0.00717. The van der Waals surface area contributed by atoms with Crippen LogP contribution in [0.15, 0.2) is 65.9 Å². The summed E-state index contributed by atoms with van der Waals surface area (Å²) >= 11 is 5.37. The maximum Gasteiger partial charge on any atom is 0.262 e. The predicted molar refractivity (Wildman–Crippen MR) is 117 cm³/mol. The summed E-state index contributed by atoms with van der Waals surface area (Å²) in [5.41, 5.74) is 3.13. The number of carbonyl (C=O) groups is 2. The lowest BCUT2D eigenvalue weighted by atomic mass is 9.92. The van der Waals surface area contributed by atoms with Gasteiger partial charge in [0.15, 0.2) is 17.5 Å². The highest BCUT2D eigenvalue weighted by atomic mass is 32.1. The second kappa shape index (κ2) is 8.87. The normalized spacial score (nSPS) is 16.3. The molecule has 1 aliphatic heterocycles. The average Bonchev–Trinajstić information content (AvgIpc) is 2.71. The summed E-state index contributed by atoms with van der Waals surface area (Å²) in [4.78, 5) is 26.0. The van der Waals surface area contributed by atoms with Crippen LogP contribution in [0.1, 0.15) is 25.5 Å². The van der Waals surface area contributed by atoms with Gasteiger partial charge in [-0.05, 0) is 55.9 Å². The molecule has 6 nitrogen and oxygen atoms in total. The number of para-hydroxylation sites is 1. The Morgan fingerprint density at radius 3 is 2.41 bits per heavy atom. The predicted octanol–water partition coefficient (Wildman–Crippen LogP) is 3.43. The molecule has 0 spiro atoms. The molecule has 3 rings (SSSR count). The van der Waals surface area contributed by atoms with E-state index in [1.54, 1.807) is 24.0 Å². The lowest BCUT2D eigenvalue weighted by Gasteiger charge is -2.35. The Morgan fingerprint density at radius 1 is 1.14 bits per heavy atom. The number of rotatable bonds is 6. The smallest absolute Gasteiger partial charge is 0.262 e. The molecule has 7 heteroatoms. The quantitative estimate of drug-likeness (QED) is 0.713. The van der Waals surface area contributed by atoms with Crippen LogP contribution in [-0.2, 0) is 9.59 Å². The van der Waals surface area contributed by atoms with E-state index in [1.165, 1.54) is 0 Å². The molecule has 0 aliphatic carbocycles. The number of nitrogens with one attached hydrogen (secondary N) is 2. The van der Waals surface area contributed by atoms with E-state index in [-0.39, 0.29) is 24.3 Å². The average molecular weight is 410 g/mol. The highest BCUT2D eigenvalue weighted by Gasteiger charge is 2.30. The van der Waals surface area contributed by atoms with Crippen molar-refractivity contribution in [1.29, 1.82) is 0 Å². The van der Waals surface area contributed by atoms with Gasteiger partial charge in [-0.3, -0.25) is 9.59 Å². The Morgan fingerprint density at radius 2 is 1.79 bits per heavy atom. The van der Waals surface area contributed by atoms with E-state index in [9.17, 15) is 9.59 Å². The molecule has 2 aromatic rings. The van der Waals surface area contributed by atoms with E-state index in [0.29, 0.717) is 16.4 Å². The molecule has 0 saturated carbocycles. The molecule has 1 heterocycles. The number of anilines is 1. The summed E-state index contributed by atoms with van der Waals surface area (Å²) in [6, 6.07) is 16.2. The number of benzene rings is 2. The van der Waals surface area contributed by atoms with Crippen molar-refractivity contribution in [1.82, 2.24) is 10.2 Å². The van der Waals surface area contributed by atoms with Gasteiger partial charge in [0.1, 0.15) is 5.75 Å². The van der Waals surface area contributed by atoms with Crippen LogP contribution < -0.4 is 15.4 Å². The molecular formula is C22H23N3O3S. The lowest BCUT2D eigenvalue weighted by molar-refractivity contribution is -0.118. The number of allylic oxidation sites excluding steroid dienone is 1. The lowest BCUT2D eigenvalue weighted by Crippen LogP contribution is -2.45. The molecular weight excluding hydrogens is 386 g/mol. The molecule has 29 heavy (non-hydrogen) atoms. The zero-order valence-electron chi connectivity index (χ0n) is 16.6. The first-order valence-corrected chi connectivity index (χ1v) is 9.61. The molecule has 1 unspecified atom stereocenters. The summed E-state index contributed by atoms with van der Waals surface area (Å²) in [6.45, 7) is 3.35. The molecule has 0 aromatic heterocycles. The number of hydrogen-bond donors (Lipinski definition) is 2. The van der Waals surface area contributed by atoms with Gasteiger partial charge in [-0.25, -0.2) is 0 Å². The van der Waals surface area contributed by atoms with Gasteiger partial charge < -0.3 is 20.3 Å². The monoisotopic (exact) mass is 409 g/mol. The van der Waals surface area contributed by atoms with Crippen LogP contribution in [0.25, 0.3) is 0 Å². The summed E-state index contributed by atoms with van der Waals surface area (Å²) in [6.07, 6.45) is 0. The number of Topliss-reactive ketones (excluding diaryl/α,β-unsaturated/α-hetero) is 1.